The molecule has 2 saturated carbocycles. The second-order valence-electron chi connectivity index (χ2n) is 12.1. The Morgan fingerprint density at radius 1 is 1.03 bits per heavy atom. The van der Waals surface area contributed by atoms with Crippen molar-refractivity contribution in [2.45, 2.75) is 77.4 Å². The molecule has 0 spiro atoms. The average molecular weight is 437 g/mol. The molecule has 2 bridgehead atoms. The molecule has 32 heavy (non-hydrogen) atoms. The van der Waals surface area contributed by atoms with Gasteiger partial charge in [-0.2, -0.15) is 0 Å². The van der Waals surface area contributed by atoms with Crippen LogP contribution < -0.4 is 0 Å². The highest BCUT2D eigenvalue weighted by Crippen LogP contribution is 2.67. The maximum Gasteiger partial charge on any atom is 0.336 e. The van der Waals surface area contributed by atoms with E-state index < -0.39 is 5.60 Å². The monoisotopic (exact) mass is 436 g/mol. The molecular formula is C28H36O4. The lowest BCUT2D eigenvalue weighted by Crippen LogP contribution is -2.57. The molecule has 4 fully saturated rings. The second-order valence-corrected chi connectivity index (χ2v) is 12.1. The van der Waals surface area contributed by atoms with Gasteiger partial charge in [-0.3, -0.25) is 4.79 Å². The molecule has 172 valence electrons. The van der Waals surface area contributed by atoms with Gasteiger partial charge in [-0.05, 0) is 87.5 Å². The Balaban J connectivity index is 1.29. The van der Waals surface area contributed by atoms with Crippen molar-refractivity contribution in [3.63, 3.8) is 0 Å². The normalized spacial score (nSPS) is 52.0. The van der Waals surface area contributed by atoms with Crippen LogP contribution in [0.2, 0.25) is 0 Å². The van der Waals surface area contributed by atoms with Crippen LogP contribution in [0.1, 0.15) is 65.7 Å². The third-order valence-electron chi connectivity index (χ3n) is 11.0. The van der Waals surface area contributed by atoms with E-state index in [9.17, 15) is 9.59 Å². The van der Waals surface area contributed by atoms with Crippen molar-refractivity contribution in [2.75, 3.05) is 6.61 Å². The largest absolute Gasteiger partial charge is 0.458 e. The van der Waals surface area contributed by atoms with E-state index in [1.807, 2.05) is 19.1 Å². The molecular weight excluding hydrogens is 400 g/mol. The van der Waals surface area contributed by atoms with Gasteiger partial charge in [0.25, 0.3) is 0 Å². The third-order valence-corrected chi connectivity index (χ3v) is 11.0. The summed E-state index contributed by atoms with van der Waals surface area (Å²) in [6.07, 6.45) is 13.7. The molecule has 6 aliphatic rings. The molecule has 4 aliphatic carbocycles. The number of fused-ring (bicyclic) bond motifs is 7. The highest BCUT2D eigenvalue weighted by molar-refractivity contribution is 5.98. The van der Waals surface area contributed by atoms with Gasteiger partial charge in [-0.25, -0.2) is 4.79 Å². The Kier molecular flexibility index (Phi) is 4.36. The molecule has 0 aromatic rings. The van der Waals surface area contributed by atoms with Gasteiger partial charge in [0.2, 0.25) is 0 Å². The maximum absolute atomic E-state index is 13.1. The van der Waals surface area contributed by atoms with Crippen LogP contribution >= 0.6 is 0 Å². The highest BCUT2D eigenvalue weighted by Gasteiger charge is 2.62. The fourth-order valence-corrected chi connectivity index (χ4v) is 9.03. The van der Waals surface area contributed by atoms with Crippen LogP contribution in [0.3, 0.4) is 0 Å². The Morgan fingerprint density at radius 2 is 1.78 bits per heavy atom. The lowest BCUT2D eigenvalue weighted by molar-refractivity contribution is -0.200. The molecule has 9 atom stereocenters. The van der Waals surface area contributed by atoms with Gasteiger partial charge in [-0.1, -0.05) is 31.2 Å². The van der Waals surface area contributed by atoms with E-state index in [4.69, 9.17) is 9.47 Å². The molecule has 0 radical (unpaired) electrons. The summed E-state index contributed by atoms with van der Waals surface area (Å²) in [7, 11) is 0. The Labute approximate surface area is 191 Å². The Morgan fingerprint density at radius 3 is 2.56 bits per heavy atom. The zero-order valence-corrected chi connectivity index (χ0v) is 19.7. The van der Waals surface area contributed by atoms with Gasteiger partial charge < -0.3 is 9.47 Å². The molecule has 6 rings (SSSR count). The van der Waals surface area contributed by atoms with Crippen LogP contribution in [0.15, 0.2) is 36.0 Å². The molecule has 4 heteroatoms. The topological polar surface area (TPSA) is 52.6 Å². The third kappa shape index (κ3) is 2.53. The number of esters is 1. The summed E-state index contributed by atoms with van der Waals surface area (Å²) in [4.78, 5) is 25.6. The van der Waals surface area contributed by atoms with Crippen molar-refractivity contribution >= 4 is 11.8 Å². The summed E-state index contributed by atoms with van der Waals surface area (Å²) in [5.74, 6) is 2.46. The minimum absolute atomic E-state index is 0.0644. The molecule has 4 nitrogen and oxygen atoms in total. The number of ketones is 1. The first kappa shape index (κ1) is 20.9. The van der Waals surface area contributed by atoms with E-state index in [1.165, 1.54) is 18.4 Å². The van der Waals surface area contributed by atoms with E-state index in [0.717, 1.165) is 32.1 Å². The SMILES string of the molecule is C=C1C(=O)OC2C[C@@]1(C)OC[C@H]2C1CCC2C3CC=C4CC=CC(=O)[C@]4(C)C3CC[C@@]21C. The number of rotatable bonds is 1. The fraction of sp³-hybridized carbons (Fsp3) is 0.714. The van der Waals surface area contributed by atoms with Gasteiger partial charge in [-0.15, -0.1) is 0 Å². The number of carbonyl (C=O) groups is 2. The van der Waals surface area contributed by atoms with Crippen molar-refractivity contribution in [3.05, 3.63) is 36.0 Å². The van der Waals surface area contributed by atoms with E-state index in [-0.39, 0.29) is 28.8 Å². The molecule has 2 aliphatic heterocycles. The molecule has 0 aromatic carbocycles. The Hall–Kier alpha value is -1.68. The second kappa shape index (κ2) is 6.68. The lowest BCUT2D eigenvalue weighted by Gasteiger charge is -2.57. The predicted molar refractivity (Wildman–Crippen MR) is 122 cm³/mol. The smallest absolute Gasteiger partial charge is 0.336 e. The summed E-state index contributed by atoms with van der Waals surface area (Å²) in [6.45, 7) is 11.3. The lowest BCUT2D eigenvalue weighted by atomic mass is 9.47. The van der Waals surface area contributed by atoms with Crippen molar-refractivity contribution in [2.24, 2.45) is 40.4 Å². The van der Waals surface area contributed by atoms with Gasteiger partial charge in [0, 0.05) is 12.3 Å². The van der Waals surface area contributed by atoms with Gasteiger partial charge in [0.1, 0.15) is 11.7 Å². The van der Waals surface area contributed by atoms with E-state index in [2.05, 4.69) is 26.5 Å². The molecule has 0 amide bonds. The molecule has 5 unspecified atom stereocenters. The minimum atomic E-state index is -0.568. The van der Waals surface area contributed by atoms with E-state index in [0.29, 0.717) is 41.6 Å². The highest BCUT2D eigenvalue weighted by atomic mass is 16.6. The maximum atomic E-state index is 13.1. The number of allylic oxidation sites excluding steroid dienone is 4. The van der Waals surface area contributed by atoms with Crippen molar-refractivity contribution in [1.82, 2.24) is 0 Å². The van der Waals surface area contributed by atoms with Gasteiger partial charge in [0.15, 0.2) is 5.78 Å². The predicted octanol–water partition coefficient (Wildman–Crippen LogP) is 5.19. The van der Waals surface area contributed by atoms with Crippen molar-refractivity contribution in [3.8, 4) is 0 Å². The Bertz CT molecular complexity index is 960. The van der Waals surface area contributed by atoms with Crippen molar-refractivity contribution in [1.29, 1.82) is 0 Å². The quantitative estimate of drug-likeness (QED) is 0.323. The van der Waals surface area contributed by atoms with Crippen LogP contribution in [0.5, 0.6) is 0 Å². The average Bonchev–Trinajstić information content (AvgIpc) is 3.10. The first-order valence-corrected chi connectivity index (χ1v) is 12.6. The van der Waals surface area contributed by atoms with Crippen LogP contribution in [0.4, 0.5) is 0 Å². The summed E-state index contributed by atoms with van der Waals surface area (Å²) < 4.78 is 12.2. The summed E-state index contributed by atoms with van der Waals surface area (Å²) in [5.41, 5.74) is 1.18. The summed E-state index contributed by atoms with van der Waals surface area (Å²) in [5, 5.41) is 0. The number of ether oxygens (including phenoxy) is 2. The van der Waals surface area contributed by atoms with Crippen LogP contribution in [-0.4, -0.2) is 30.1 Å². The van der Waals surface area contributed by atoms with Gasteiger partial charge in [0.05, 0.1) is 17.6 Å². The molecule has 2 saturated heterocycles. The summed E-state index contributed by atoms with van der Waals surface area (Å²) in [6, 6.07) is 0. The first-order chi connectivity index (χ1) is 15.2. The fourth-order valence-electron chi connectivity index (χ4n) is 9.03. The van der Waals surface area contributed by atoms with Crippen LogP contribution in [0, 0.1) is 40.4 Å². The van der Waals surface area contributed by atoms with Crippen molar-refractivity contribution < 1.29 is 19.1 Å². The zero-order valence-electron chi connectivity index (χ0n) is 19.7. The molecule has 2 heterocycles. The molecule has 0 N–H and O–H groups in total. The van der Waals surface area contributed by atoms with E-state index >= 15 is 0 Å². The summed E-state index contributed by atoms with van der Waals surface area (Å²) >= 11 is 0. The number of hydrogen-bond acceptors (Lipinski definition) is 4. The van der Waals surface area contributed by atoms with Crippen LogP contribution in [-0.2, 0) is 19.1 Å². The minimum Gasteiger partial charge on any atom is -0.458 e. The standard InChI is InChI=1S/C28H36O4/c1-16-25(30)32-23-14-27(16,3)31-15-19(23)21-11-10-20-18-9-8-17-6-5-7-24(29)28(17,4)22(18)12-13-26(20,21)2/h5,7-8,18-23H,1,6,9-15H2,2-4H3/t18?,19-,20?,21?,22?,23?,26-,27+,28-/m0/s1. The molecule has 0 aromatic heterocycles. The zero-order chi connectivity index (χ0) is 22.5. The number of hydrogen-bond donors (Lipinski definition) is 0. The van der Waals surface area contributed by atoms with E-state index in [1.54, 1.807) is 0 Å². The van der Waals surface area contributed by atoms with Crippen LogP contribution in [0.25, 0.3) is 0 Å². The number of carbonyl (C=O) groups excluding carboxylic acids is 2. The first-order valence-electron chi connectivity index (χ1n) is 12.6. The van der Waals surface area contributed by atoms with Gasteiger partial charge >= 0.3 is 5.97 Å².